The zero-order valence-corrected chi connectivity index (χ0v) is 18.0. The number of aliphatic imine (C=N–C) groups is 1. The number of likely N-dealkylation sites (tertiary alicyclic amines) is 1. The number of hydrogen-bond donors (Lipinski definition) is 2. The quantitative estimate of drug-likeness (QED) is 0.493. The van der Waals surface area contributed by atoms with Gasteiger partial charge >= 0.3 is 0 Å². The largest absolute Gasteiger partial charge is 0.359 e. The molecular weight excluding hydrogens is 362 g/mol. The molecule has 3 rings (SSSR count). The lowest BCUT2D eigenvalue weighted by Crippen LogP contribution is -2.42. The normalized spacial score (nSPS) is 16.3. The van der Waals surface area contributed by atoms with Gasteiger partial charge in [-0.25, -0.2) is 0 Å². The summed E-state index contributed by atoms with van der Waals surface area (Å²) in [6, 6.07) is 13.2. The Morgan fingerprint density at radius 2 is 1.86 bits per heavy atom. The maximum Gasteiger partial charge on any atom is 0.191 e. The molecular formula is C23H35N5O. The van der Waals surface area contributed by atoms with Crippen LogP contribution in [0.15, 0.2) is 45.9 Å². The minimum atomic E-state index is 0.351. The molecule has 1 aliphatic heterocycles. The van der Waals surface area contributed by atoms with Gasteiger partial charge in [0.05, 0.1) is 18.3 Å². The van der Waals surface area contributed by atoms with Gasteiger partial charge in [0, 0.05) is 25.6 Å². The van der Waals surface area contributed by atoms with E-state index in [2.05, 4.69) is 75.9 Å². The van der Waals surface area contributed by atoms with Gasteiger partial charge in [-0.3, -0.25) is 9.89 Å². The van der Waals surface area contributed by atoms with Crippen LogP contribution in [0.2, 0.25) is 0 Å². The molecule has 1 aromatic heterocycles. The average Bonchev–Trinajstić information content (AvgIpc) is 3.45. The number of nitrogens with one attached hydrogen (secondary N) is 2. The van der Waals surface area contributed by atoms with Crippen LogP contribution in [-0.2, 0) is 6.54 Å². The Labute approximate surface area is 174 Å². The van der Waals surface area contributed by atoms with E-state index in [0.29, 0.717) is 18.5 Å². The lowest BCUT2D eigenvalue weighted by atomic mass is 9.99. The van der Waals surface area contributed by atoms with Crippen molar-refractivity contribution >= 4 is 5.96 Å². The van der Waals surface area contributed by atoms with Gasteiger partial charge in [0.25, 0.3) is 0 Å². The second-order valence-electron chi connectivity index (χ2n) is 7.71. The zero-order chi connectivity index (χ0) is 20.5. The van der Waals surface area contributed by atoms with Crippen LogP contribution in [-0.4, -0.2) is 42.7 Å². The van der Waals surface area contributed by atoms with Crippen LogP contribution in [0.3, 0.4) is 0 Å². The van der Waals surface area contributed by atoms with Crippen LogP contribution in [0, 0.1) is 0 Å². The molecule has 29 heavy (non-hydrogen) atoms. The molecule has 1 atom stereocenters. The average molecular weight is 398 g/mol. The summed E-state index contributed by atoms with van der Waals surface area (Å²) in [6.45, 7) is 8.09. The molecule has 1 saturated heterocycles. The molecule has 2 aromatic rings. The van der Waals surface area contributed by atoms with Crippen LogP contribution >= 0.6 is 0 Å². The second kappa shape index (κ2) is 11.0. The smallest absolute Gasteiger partial charge is 0.191 e. The summed E-state index contributed by atoms with van der Waals surface area (Å²) in [6.07, 6.45) is 4.72. The van der Waals surface area contributed by atoms with Crippen molar-refractivity contribution in [2.24, 2.45) is 4.99 Å². The summed E-state index contributed by atoms with van der Waals surface area (Å²) in [5, 5.41) is 11.1. The van der Waals surface area contributed by atoms with E-state index in [0.717, 1.165) is 49.9 Å². The number of guanidine groups is 1. The molecule has 1 fully saturated rings. The van der Waals surface area contributed by atoms with Crippen molar-refractivity contribution in [2.75, 3.05) is 26.7 Å². The van der Waals surface area contributed by atoms with Crippen molar-refractivity contribution in [1.29, 1.82) is 0 Å². The Hall–Kier alpha value is -2.34. The number of hydrogen-bond acceptors (Lipinski definition) is 4. The highest BCUT2D eigenvalue weighted by atomic mass is 16.5. The van der Waals surface area contributed by atoms with Crippen molar-refractivity contribution in [3.63, 3.8) is 0 Å². The first-order valence-corrected chi connectivity index (χ1v) is 10.9. The van der Waals surface area contributed by atoms with Gasteiger partial charge in [-0.15, -0.1) is 0 Å². The third kappa shape index (κ3) is 5.82. The fraction of sp³-hybridized carbons (Fsp3) is 0.565. The number of benzene rings is 1. The third-order valence-electron chi connectivity index (χ3n) is 5.86. The van der Waals surface area contributed by atoms with Crippen molar-refractivity contribution in [3.8, 4) is 0 Å². The van der Waals surface area contributed by atoms with Gasteiger partial charge < -0.3 is 15.2 Å². The first kappa shape index (κ1) is 21.4. The Bertz CT molecular complexity index is 748. The predicted molar refractivity (Wildman–Crippen MR) is 118 cm³/mol. The van der Waals surface area contributed by atoms with Gasteiger partial charge in [-0.05, 0) is 44.3 Å². The monoisotopic (exact) mass is 397 g/mol. The maximum atomic E-state index is 5.52. The lowest BCUT2D eigenvalue weighted by Gasteiger charge is -2.28. The molecule has 158 valence electrons. The van der Waals surface area contributed by atoms with E-state index in [1.807, 2.05) is 0 Å². The fourth-order valence-electron chi connectivity index (χ4n) is 4.08. The molecule has 0 amide bonds. The van der Waals surface area contributed by atoms with E-state index in [1.54, 1.807) is 7.05 Å². The van der Waals surface area contributed by atoms with Gasteiger partial charge in [-0.2, -0.15) is 0 Å². The Kier molecular flexibility index (Phi) is 8.11. The summed E-state index contributed by atoms with van der Waals surface area (Å²) in [5.74, 6) is 2.09. The number of rotatable bonds is 9. The molecule has 2 heterocycles. The Balaban J connectivity index is 1.56. The molecule has 0 radical (unpaired) electrons. The molecule has 0 bridgehead atoms. The van der Waals surface area contributed by atoms with Gasteiger partial charge in [0.1, 0.15) is 0 Å². The maximum absolute atomic E-state index is 5.52. The van der Waals surface area contributed by atoms with Crippen molar-refractivity contribution in [2.45, 2.75) is 58.0 Å². The highest BCUT2D eigenvalue weighted by Gasteiger charge is 2.23. The van der Waals surface area contributed by atoms with Crippen LogP contribution < -0.4 is 10.6 Å². The second-order valence-corrected chi connectivity index (χ2v) is 7.71. The standard InChI is InChI=1S/C23H35N5O/c1-4-18(5-2)21-15-20(29-27-21)16-25-23(24-3)26-17-22(28-13-9-10-14-28)19-11-7-6-8-12-19/h6-8,11-12,15,18,22H,4-5,9-10,13-14,16-17H2,1-3H3,(H2,24,25,26). The molecule has 2 N–H and O–H groups in total. The van der Waals surface area contributed by atoms with E-state index in [4.69, 9.17) is 4.52 Å². The third-order valence-corrected chi connectivity index (χ3v) is 5.86. The van der Waals surface area contributed by atoms with Crippen molar-refractivity contribution in [3.05, 3.63) is 53.4 Å². The SMILES string of the molecule is CCC(CC)c1cc(CNC(=NC)NCC(c2ccccc2)N2CCCC2)on1. The lowest BCUT2D eigenvalue weighted by molar-refractivity contribution is 0.245. The summed E-state index contributed by atoms with van der Waals surface area (Å²) in [4.78, 5) is 6.95. The van der Waals surface area contributed by atoms with Crippen LogP contribution in [0.25, 0.3) is 0 Å². The van der Waals surface area contributed by atoms with E-state index in [9.17, 15) is 0 Å². The summed E-state index contributed by atoms with van der Waals surface area (Å²) in [5.41, 5.74) is 2.40. The molecule has 0 saturated carbocycles. The van der Waals surface area contributed by atoms with Crippen LogP contribution in [0.4, 0.5) is 0 Å². The van der Waals surface area contributed by atoms with Crippen LogP contribution in [0.1, 0.15) is 68.5 Å². The highest BCUT2D eigenvalue weighted by Crippen LogP contribution is 2.24. The van der Waals surface area contributed by atoms with E-state index in [1.165, 1.54) is 18.4 Å². The minimum Gasteiger partial charge on any atom is -0.359 e. The molecule has 0 aliphatic carbocycles. The van der Waals surface area contributed by atoms with Crippen molar-refractivity contribution < 1.29 is 4.52 Å². The summed E-state index contributed by atoms with van der Waals surface area (Å²) >= 11 is 0. The van der Waals surface area contributed by atoms with E-state index >= 15 is 0 Å². The topological polar surface area (TPSA) is 65.7 Å². The fourth-order valence-corrected chi connectivity index (χ4v) is 4.08. The molecule has 1 aliphatic rings. The van der Waals surface area contributed by atoms with E-state index < -0.39 is 0 Å². The Morgan fingerprint density at radius 3 is 2.52 bits per heavy atom. The highest BCUT2D eigenvalue weighted by molar-refractivity contribution is 5.79. The molecule has 0 spiro atoms. The molecule has 6 nitrogen and oxygen atoms in total. The van der Waals surface area contributed by atoms with Crippen LogP contribution in [0.5, 0.6) is 0 Å². The van der Waals surface area contributed by atoms with Gasteiger partial charge in [0.15, 0.2) is 11.7 Å². The van der Waals surface area contributed by atoms with Gasteiger partial charge in [-0.1, -0.05) is 49.3 Å². The minimum absolute atomic E-state index is 0.351. The first-order chi connectivity index (χ1) is 14.2. The zero-order valence-electron chi connectivity index (χ0n) is 18.0. The summed E-state index contributed by atoms with van der Waals surface area (Å²) < 4.78 is 5.52. The molecule has 6 heteroatoms. The first-order valence-electron chi connectivity index (χ1n) is 10.9. The van der Waals surface area contributed by atoms with E-state index in [-0.39, 0.29) is 0 Å². The Morgan fingerprint density at radius 1 is 1.14 bits per heavy atom. The van der Waals surface area contributed by atoms with Gasteiger partial charge in [0.2, 0.25) is 0 Å². The van der Waals surface area contributed by atoms with Crippen molar-refractivity contribution in [1.82, 2.24) is 20.7 Å². The predicted octanol–water partition coefficient (Wildman–Crippen LogP) is 4.08. The number of aromatic nitrogens is 1. The number of nitrogens with zero attached hydrogens (tertiary/aromatic N) is 3. The summed E-state index contributed by atoms with van der Waals surface area (Å²) in [7, 11) is 1.80. The molecule has 1 aromatic carbocycles. The molecule has 1 unspecified atom stereocenters.